The molecule has 1 aromatic rings. The number of aryl methyl sites for hydroxylation is 1. The minimum atomic E-state index is 0.0428. The lowest BCUT2D eigenvalue weighted by molar-refractivity contribution is 0.261. The van der Waals surface area contributed by atoms with Crippen LogP contribution in [-0.4, -0.2) is 10.6 Å². The summed E-state index contributed by atoms with van der Waals surface area (Å²) in [5.41, 5.74) is 1.10. The fraction of sp³-hybridized carbons (Fsp3) is 0.643. The number of aromatic nitrogens is 1. The van der Waals surface area contributed by atoms with Crippen LogP contribution in [0.25, 0.3) is 0 Å². The molecule has 3 nitrogen and oxygen atoms in total. The van der Waals surface area contributed by atoms with Gasteiger partial charge in [-0.05, 0) is 37.2 Å². The Balaban J connectivity index is 2.01. The molecule has 1 heterocycles. The van der Waals surface area contributed by atoms with Gasteiger partial charge in [0.05, 0.1) is 5.69 Å². The van der Waals surface area contributed by atoms with E-state index in [9.17, 15) is 4.79 Å². The molecule has 1 aliphatic rings. The van der Waals surface area contributed by atoms with Crippen LogP contribution in [0, 0.1) is 11.8 Å². The molecule has 17 heavy (non-hydrogen) atoms. The highest BCUT2D eigenvalue weighted by atomic mass is 16.1. The largest absolute Gasteiger partial charge is 0.381 e. The van der Waals surface area contributed by atoms with Crippen LogP contribution in [0.1, 0.15) is 33.1 Å². The summed E-state index contributed by atoms with van der Waals surface area (Å²) in [6, 6.07) is 4.06. The number of anilines is 1. The SMILES string of the molecule is CC1CCC(Nc2ccc(=O)n(C)c2)CC1C. The minimum absolute atomic E-state index is 0.0428. The first-order valence-electron chi connectivity index (χ1n) is 6.49. The monoisotopic (exact) mass is 234 g/mol. The topological polar surface area (TPSA) is 34.0 Å². The second kappa shape index (κ2) is 4.94. The maximum atomic E-state index is 11.3. The third-order valence-electron chi connectivity index (χ3n) is 4.05. The van der Waals surface area contributed by atoms with E-state index in [0.717, 1.165) is 17.5 Å². The van der Waals surface area contributed by atoms with Gasteiger partial charge in [0.25, 0.3) is 0 Å². The van der Waals surface area contributed by atoms with E-state index in [1.165, 1.54) is 19.3 Å². The summed E-state index contributed by atoms with van der Waals surface area (Å²) in [5, 5.41) is 3.54. The molecule has 0 amide bonds. The van der Waals surface area contributed by atoms with Crippen LogP contribution in [-0.2, 0) is 7.05 Å². The average Bonchev–Trinajstić information content (AvgIpc) is 2.29. The van der Waals surface area contributed by atoms with Gasteiger partial charge in [-0.1, -0.05) is 13.8 Å². The molecular formula is C14H22N2O. The Morgan fingerprint density at radius 1 is 1.24 bits per heavy atom. The fourth-order valence-corrected chi connectivity index (χ4v) is 2.59. The van der Waals surface area contributed by atoms with Crippen molar-refractivity contribution < 1.29 is 0 Å². The number of hydrogen-bond donors (Lipinski definition) is 1. The molecule has 0 saturated heterocycles. The van der Waals surface area contributed by atoms with Crippen molar-refractivity contribution in [2.75, 3.05) is 5.32 Å². The van der Waals surface area contributed by atoms with Crippen molar-refractivity contribution in [2.45, 2.75) is 39.2 Å². The highest BCUT2D eigenvalue weighted by Crippen LogP contribution is 2.30. The summed E-state index contributed by atoms with van der Waals surface area (Å²) < 4.78 is 1.62. The lowest BCUT2D eigenvalue weighted by Crippen LogP contribution is -2.30. The number of hydrogen-bond acceptors (Lipinski definition) is 2. The van der Waals surface area contributed by atoms with Crippen LogP contribution < -0.4 is 10.9 Å². The van der Waals surface area contributed by atoms with Gasteiger partial charge in [-0.3, -0.25) is 4.79 Å². The predicted molar refractivity (Wildman–Crippen MR) is 71.3 cm³/mol. The summed E-state index contributed by atoms with van der Waals surface area (Å²) in [5.74, 6) is 1.63. The average molecular weight is 234 g/mol. The molecule has 0 bridgehead atoms. The van der Waals surface area contributed by atoms with Crippen LogP contribution in [0.5, 0.6) is 0 Å². The van der Waals surface area contributed by atoms with Gasteiger partial charge in [-0.15, -0.1) is 0 Å². The Kier molecular flexibility index (Phi) is 3.55. The zero-order valence-corrected chi connectivity index (χ0v) is 10.9. The Hall–Kier alpha value is -1.25. The third-order valence-corrected chi connectivity index (χ3v) is 4.05. The van der Waals surface area contributed by atoms with Gasteiger partial charge in [-0.2, -0.15) is 0 Å². The third kappa shape index (κ3) is 2.90. The summed E-state index contributed by atoms with van der Waals surface area (Å²) in [7, 11) is 1.79. The molecule has 1 aromatic heterocycles. The first-order valence-corrected chi connectivity index (χ1v) is 6.49. The van der Waals surface area contributed by atoms with Gasteiger partial charge in [0.1, 0.15) is 0 Å². The predicted octanol–water partition coefficient (Wildman–Crippen LogP) is 2.62. The normalized spacial score (nSPS) is 29.0. The standard InChI is InChI=1S/C14H22N2O/c1-10-4-5-12(8-11(10)2)15-13-6-7-14(17)16(3)9-13/h6-7,9-12,15H,4-5,8H2,1-3H3. The molecule has 1 fully saturated rings. The zero-order valence-electron chi connectivity index (χ0n) is 10.9. The molecule has 3 atom stereocenters. The molecule has 1 saturated carbocycles. The highest BCUT2D eigenvalue weighted by molar-refractivity contribution is 5.41. The molecule has 2 rings (SSSR count). The number of nitrogens with zero attached hydrogens (tertiary/aromatic N) is 1. The lowest BCUT2D eigenvalue weighted by Gasteiger charge is -2.33. The summed E-state index contributed by atoms with van der Waals surface area (Å²) >= 11 is 0. The molecule has 3 heteroatoms. The Morgan fingerprint density at radius 2 is 2.00 bits per heavy atom. The van der Waals surface area contributed by atoms with Gasteiger partial charge in [0.2, 0.25) is 5.56 Å². The van der Waals surface area contributed by atoms with Crippen molar-refractivity contribution >= 4 is 5.69 Å². The molecule has 0 radical (unpaired) electrons. The van der Waals surface area contributed by atoms with E-state index in [2.05, 4.69) is 19.2 Å². The summed E-state index contributed by atoms with van der Waals surface area (Å²) in [6.07, 6.45) is 5.63. The Morgan fingerprint density at radius 3 is 2.65 bits per heavy atom. The van der Waals surface area contributed by atoms with E-state index >= 15 is 0 Å². The summed E-state index contributed by atoms with van der Waals surface area (Å²) in [6.45, 7) is 4.67. The quantitative estimate of drug-likeness (QED) is 0.853. The Labute approximate surface area is 103 Å². The lowest BCUT2D eigenvalue weighted by atomic mass is 9.79. The first kappa shape index (κ1) is 12.2. The van der Waals surface area contributed by atoms with Crippen molar-refractivity contribution in [1.29, 1.82) is 0 Å². The summed E-state index contributed by atoms with van der Waals surface area (Å²) in [4.78, 5) is 11.3. The number of nitrogens with one attached hydrogen (secondary N) is 1. The Bertz CT molecular complexity index is 438. The fourth-order valence-electron chi connectivity index (χ4n) is 2.59. The van der Waals surface area contributed by atoms with Crippen LogP contribution in [0.4, 0.5) is 5.69 Å². The smallest absolute Gasteiger partial charge is 0.250 e. The number of pyridine rings is 1. The second-order valence-electron chi connectivity index (χ2n) is 5.48. The van der Waals surface area contributed by atoms with Crippen LogP contribution >= 0.6 is 0 Å². The van der Waals surface area contributed by atoms with Gasteiger partial charge >= 0.3 is 0 Å². The van der Waals surface area contributed by atoms with E-state index in [-0.39, 0.29) is 5.56 Å². The molecular weight excluding hydrogens is 212 g/mol. The van der Waals surface area contributed by atoms with E-state index < -0.39 is 0 Å². The maximum Gasteiger partial charge on any atom is 0.250 e. The van der Waals surface area contributed by atoms with Crippen LogP contribution in [0.15, 0.2) is 23.1 Å². The van der Waals surface area contributed by atoms with Gasteiger partial charge in [0, 0.05) is 25.4 Å². The highest BCUT2D eigenvalue weighted by Gasteiger charge is 2.24. The zero-order chi connectivity index (χ0) is 12.4. The van der Waals surface area contributed by atoms with Crippen LogP contribution in [0.3, 0.4) is 0 Å². The molecule has 1 N–H and O–H groups in total. The van der Waals surface area contributed by atoms with Crippen molar-refractivity contribution in [3.63, 3.8) is 0 Å². The van der Waals surface area contributed by atoms with E-state index in [1.807, 2.05) is 12.3 Å². The van der Waals surface area contributed by atoms with Crippen molar-refractivity contribution in [2.24, 2.45) is 18.9 Å². The minimum Gasteiger partial charge on any atom is -0.381 e. The van der Waals surface area contributed by atoms with Crippen molar-refractivity contribution in [1.82, 2.24) is 4.57 Å². The van der Waals surface area contributed by atoms with Gasteiger partial charge in [-0.25, -0.2) is 0 Å². The molecule has 1 aliphatic carbocycles. The van der Waals surface area contributed by atoms with Crippen LogP contribution in [0.2, 0.25) is 0 Å². The molecule has 94 valence electrons. The van der Waals surface area contributed by atoms with E-state index in [1.54, 1.807) is 17.7 Å². The van der Waals surface area contributed by atoms with Gasteiger partial charge in [0.15, 0.2) is 0 Å². The second-order valence-corrected chi connectivity index (χ2v) is 5.48. The maximum absolute atomic E-state index is 11.3. The molecule has 0 aliphatic heterocycles. The molecule has 0 spiro atoms. The first-order chi connectivity index (χ1) is 8.06. The van der Waals surface area contributed by atoms with Crippen molar-refractivity contribution in [3.8, 4) is 0 Å². The van der Waals surface area contributed by atoms with E-state index in [0.29, 0.717) is 6.04 Å². The number of rotatable bonds is 2. The van der Waals surface area contributed by atoms with Gasteiger partial charge < -0.3 is 9.88 Å². The van der Waals surface area contributed by atoms with Crippen molar-refractivity contribution in [3.05, 3.63) is 28.7 Å². The van der Waals surface area contributed by atoms with E-state index in [4.69, 9.17) is 0 Å². The molecule has 0 aromatic carbocycles. The molecule has 3 unspecified atom stereocenters.